The van der Waals surface area contributed by atoms with Gasteiger partial charge in [-0.2, -0.15) is 0 Å². The van der Waals surface area contributed by atoms with Crippen LogP contribution in [0, 0.1) is 0 Å². The molecule has 6 heteroatoms. The fraction of sp³-hybridized carbons (Fsp3) is 0.500. The zero-order valence-corrected chi connectivity index (χ0v) is 9.46. The van der Waals surface area contributed by atoms with Crippen molar-refractivity contribution in [3.63, 3.8) is 0 Å². The van der Waals surface area contributed by atoms with E-state index in [1.807, 2.05) is 13.8 Å². The van der Waals surface area contributed by atoms with E-state index in [0.717, 1.165) is 0 Å². The van der Waals surface area contributed by atoms with Crippen LogP contribution in [0.15, 0.2) is 10.9 Å². The molecular formula is C10H16N4O2. The summed E-state index contributed by atoms with van der Waals surface area (Å²) in [7, 11) is 0. The number of anilines is 1. The minimum absolute atomic E-state index is 0.118. The van der Waals surface area contributed by atoms with Crippen molar-refractivity contribution < 1.29 is 4.79 Å². The van der Waals surface area contributed by atoms with Crippen molar-refractivity contribution >= 4 is 11.7 Å². The number of aromatic nitrogens is 2. The van der Waals surface area contributed by atoms with E-state index in [1.165, 1.54) is 6.07 Å². The van der Waals surface area contributed by atoms with Gasteiger partial charge in [-0.15, -0.1) is 0 Å². The van der Waals surface area contributed by atoms with Crippen LogP contribution < -0.4 is 16.2 Å². The molecule has 0 aromatic carbocycles. The minimum atomic E-state index is -0.217. The maximum atomic E-state index is 11.2. The lowest BCUT2D eigenvalue weighted by Crippen LogP contribution is -2.30. The fourth-order valence-electron chi connectivity index (χ4n) is 1.20. The highest BCUT2D eigenvalue weighted by Crippen LogP contribution is 1.98. The third-order valence-corrected chi connectivity index (χ3v) is 1.93. The summed E-state index contributed by atoms with van der Waals surface area (Å²) in [5.74, 6) is 0.903. The molecule has 0 radical (unpaired) electrons. The van der Waals surface area contributed by atoms with Crippen molar-refractivity contribution in [2.24, 2.45) is 0 Å². The molecule has 16 heavy (non-hydrogen) atoms. The number of H-pyrrole nitrogens is 1. The lowest BCUT2D eigenvalue weighted by Gasteiger charge is -2.06. The topological polar surface area (TPSA) is 86.9 Å². The molecule has 1 aromatic heterocycles. The Bertz CT molecular complexity index is 414. The molecule has 0 spiro atoms. The molecule has 0 bridgehead atoms. The molecular weight excluding hydrogens is 208 g/mol. The number of carbonyl (C=O) groups excluding carboxylic acids is 1. The van der Waals surface area contributed by atoms with Gasteiger partial charge in [0.2, 0.25) is 5.91 Å². The Morgan fingerprint density at radius 3 is 2.88 bits per heavy atom. The van der Waals surface area contributed by atoms with Gasteiger partial charge in [0.05, 0.1) is 6.54 Å². The zero-order chi connectivity index (χ0) is 12.0. The van der Waals surface area contributed by atoms with Crippen molar-refractivity contribution in [3.05, 3.63) is 22.2 Å². The number of aromatic amines is 1. The molecule has 0 aliphatic rings. The molecule has 0 fully saturated rings. The van der Waals surface area contributed by atoms with Crippen LogP contribution in [0.2, 0.25) is 0 Å². The molecule has 0 unspecified atom stereocenters. The molecule has 6 nitrogen and oxygen atoms in total. The van der Waals surface area contributed by atoms with E-state index in [9.17, 15) is 9.59 Å². The first-order valence-electron chi connectivity index (χ1n) is 5.26. The number of aryl methyl sites for hydroxylation is 1. The van der Waals surface area contributed by atoms with E-state index in [4.69, 9.17) is 0 Å². The van der Waals surface area contributed by atoms with Crippen molar-refractivity contribution in [2.45, 2.75) is 20.3 Å². The minimum Gasteiger partial charge on any atom is -0.361 e. The van der Waals surface area contributed by atoms with E-state index < -0.39 is 0 Å². The summed E-state index contributed by atoms with van der Waals surface area (Å²) in [6.45, 7) is 4.45. The molecule has 0 saturated carbocycles. The van der Waals surface area contributed by atoms with Gasteiger partial charge in [0, 0.05) is 19.0 Å². The molecule has 1 amide bonds. The maximum absolute atomic E-state index is 11.2. The molecule has 3 N–H and O–H groups in total. The Balaban J connectivity index is 2.63. The summed E-state index contributed by atoms with van der Waals surface area (Å²) in [4.78, 5) is 29.1. The van der Waals surface area contributed by atoms with Gasteiger partial charge in [0.1, 0.15) is 11.6 Å². The molecule has 1 rings (SSSR count). The first-order chi connectivity index (χ1) is 7.65. The summed E-state index contributed by atoms with van der Waals surface area (Å²) >= 11 is 0. The zero-order valence-electron chi connectivity index (χ0n) is 9.46. The van der Waals surface area contributed by atoms with E-state index >= 15 is 0 Å². The lowest BCUT2D eigenvalue weighted by atomic mass is 10.4. The van der Waals surface area contributed by atoms with Gasteiger partial charge in [-0.05, 0) is 6.92 Å². The number of hydrogen-bond acceptors (Lipinski definition) is 4. The predicted molar refractivity (Wildman–Crippen MR) is 61.4 cm³/mol. The average Bonchev–Trinajstić information content (AvgIpc) is 2.26. The van der Waals surface area contributed by atoms with Gasteiger partial charge < -0.3 is 15.6 Å². The van der Waals surface area contributed by atoms with Gasteiger partial charge in [-0.1, -0.05) is 6.92 Å². The molecule has 1 aromatic rings. The Morgan fingerprint density at radius 1 is 1.50 bits per heavy atom. The second kappa shape index (κ2) is 5.89. The van der Waals surface area contributed by atoms with Crippen LogP contribution in [0.1, 0.15) is 19.7 Å². The van der Waals surface area contributed by atoms with Crippen molar-refractivity contribution in [2.75, 3.05) is 18.4 Å². The SMILES string of the molecule is CCNC(=O)CNc1cc(=O)[nH]c(CC)n1. The Morgan fingerprint density at radius 2 is 2.25 bits per heavy atom. The number of likely N-dealkylation sites (N-methyl/N-ethyl adjacent to an activating group) is 1. The highest BCUT2D eigenvalue weighted by Gasteiger charge is 2.02. The average molecular weight is 224 g/mol. The third-order valence-electron chi connectivity index (χ3n) is 1.93. The summed E-state index contributed by atoms with van der Waals surface area (Å²) in [5, 5.41) is 5.45. The van der Waals surface area contributed by atoms with Crippen LogP contribution in [-0.2, 0) is 11.2 Å². The number of carbonyl (C=O) groups is 1. The first-order valence-corrected chi connectivity index (χ1v) is 5.26. The quantitative estimate of drug-likeness (QED) is 0.650. The molecule has 0 aliphatic carbocycles. The number of nitrogens with zero attached hydrogens (tertiary/aromatic N) is 1. The van der Waals surface area contributed by atoms with E-state index in [-0.39, 0.29) is 18.0 Å². The van der Waals surface area contributed by atoms with E-state index in [0.29, 0.717) is 24.6 Å². The van der Waals surface area contributed by atoms with Crippen LogP contribution >= 0.6 is 0 Å². The van der Waals surface area contributed by atoms with Gasteiger partial charge in [0.25, 0.3) is 5.56 Å². The summed E-state index contributed by atoms with van der Waals surface area (Å²) < 4.78 is 0. The number of nitrogens with one attached hydrogen (secondary N) is 3. The summed E-state index contributed by atoms with van der Waals surface area (Å²) in [5.41, 5.74) is -0.217. The lowest BCUT2D eigenvalue weighted by molar-refractivity contribution is -0.119. The van der Waals surface area contributed by atoms with Crippen LogP contribution in [0.3, 0.4) is 0 Å². The van der Waals surface area contributed by atoms with E-state index in [2.05, 4.69) is 20.6 Å². The molecule has 0 atom stereocenters. The second-order valence-electron chi connectivity index (χ2n) is 3.24. The Labute approximate surface area is 93.5 Å². The summed E-state index contributed by atoms with van der Waals surface area (Å²) in [6.07, 6.45) is 0.645. The second-order valence-corrected chi connectivity index (χ2v) is 3.24. The maximum Gasteiger partial charge on any atom is 0.252 e. The standard InChI is InChI=1S/C10H16N4O2/c1-3-7-13-8(5-9(15)14-7)12-6-10(16)11-4-2/h5H,3-4,6H2,1-2H3,(H,11,16)(H2,12,13,14,15). The van der Waals surface area contributed by atoms with Gasteiger partial charge in [-0.25, -0.2) is 4.98 Å². The fourth-order valence-corrected chi connectivity index (χ4v) is 1.20. The molecule has 1 heterocycles. The van der Waals surface area contributed by atoms with Gasteiger partial charge >= 0.3 is 0 Å². The molecule has 88 valence electrons. The van der Waals surface area contributed by atoms with Crippen molar-refractivity contribution in [1.82, 2.24) is 15.3 Å². The smallest absolute Gasteiger partial charge is 0.252 e. The monoisotopic (exact) mass is 224 g/mol. The predicted octanol–water partition coefficient (Wildman–Crippen LogP) is -0.120. The highest BCUT2D eigenvalue weighted by molar-refractivity contribution is 5.80. The van der Waals surface area contributed by atoms with Crippen LogP contribution in [-0.4, -0.2) is 29.0 Å². The first kappa shape index (κ1) is 12.2. The molecule has 0 saturated heterocycles. The normalized spacial score (nSPS) is 9.88. The van der Waals surface area contributed by atoms with Gasteiger partial charge in [0.15, 0.2) is 0 Å². The Kier molecular flexibility index (Phi) is 4.50. The van der Waals surface area contributed by atoms with E-state index in [1.54, 1.807) is 0 Å². The van der Waals surface area contributed by atoms with Crippen LogP contribution in [0.5, 0.6) is 0 Å². The van der Waals surface area contributed by atoms with Crippen molar-refractivity contribution in [3.8, 4) is 0 Å². The number of amides is 1. The highest BCUT2D eigenvalue weighted by atomic mass is 16.2. The Hall–Kier alpha value is -1.85. The number of hydrogen-bond donors (Lipinski definition) is 3. The number of rotatable bonds is 5. The van der Waals surface area contributed by atoms with Gasteiger partial charge in [-0.3, -0.25) is 9.59 Å². The van der Waals surface area contributed by atoms with Crippen LogP contribution in [0.4, 0.5) is 5.82 Å². The van der Waals surface area contributed by atoms with Crippen molar-refractivity contribution in [1.29, 1.82) is 0 Å². The van der Waals surface area contributed by atoms with Crippen LogP contribution in [0.25, 0.3) is 0 Å². The largest absolute Gasteiger partial charge is 0.361 e. The third kappa shape index (κ3) is 3.72. The molecule has 0 aliphatic heterocycles. The summed E-state index contributed by atoms with van der Waals surface area (Å²) in [6, 6.07) is 1.33.